The third-order valence-electron chi connectivity index (χ3n) is 3.89. The summed E-state index contributed by atoms with van der Waals surface area (Å²) >= 11 is 0. The first kappa shape index (κ1) is 10.1. The van der Waals surface area contributed by atoms with E-state index in [1.54, 1.807) is 0 Å². The highest BCUT2D eigenvalue weighted by molar-refractivity contribution is 5.36. The highest BCUT2D eigenvalue weighted by Gasteiger charge is 2.37. The minimum absolute atomic E-state index is 0.835. The van der Waals surface area contributed by atoms with E-state index in [1.165, 1.54) is 32.1 Å². The van der Waals surface area contributed by atoms with Gasteiger partial charge in [0, 0.05) is 38.9 Å². The second kappa shape index (κ2) is 3.77. The van der Waals surface area contributed by atoms with Crippen molar-refractivity contribution in [1.82, 2.24) is 14.9 Å². The summed E-state index contributed by atoms with van der Waals surface area (Å²) in [5.74, 6) is 2.85. The summed E-state index contributed by atoms with van der Waals surface area (Å²) < 4.78 is 2.27. The minimum Gasteiger partial charge on any atom is -0.342 e. The number of hydrogen-bond acceptors (Lipinski definition) is 3. The van der Waals surface area contributed by atoms with Crippen molar-refractivity contribution in [3.05, 3.63) is 11.9 Å². The fourth-order valence-corrected chi connectivity index (χ4v) is 3.04. The van der Waals surface area contributed by atoms with Crippen LogP contribution in [-0.4, -0.2) is 35.7 Å². The third-order valence-corrected chi connectivity index (χ3v) is 3.89. The van der Waals surface area contributed by atoms with Crippen LogP contribution in [0.15, 0.2) is 6.20 Å². The molecule has 2 aliphatic rings. The number of aryl methyl sites for hydroxylation is 2. The van der Waals surface area contributed by atoms with Gasteiger partial charge in [-0.1, -0.05) is 0 Å². The summed E-state index contributed by atoms with van der Waals surface area (Å²) in [6, 6.07) is 0. The molecule has 1 N–H and O–H groups in total. The van der Waals surface area contributed by atoms with Crippen molar-refractivity contribution in [2.45, 2.75) is 20.4 Å². The van der Waals surface area contributed by atoms with Gasteiger partial charge in [-0.2, -0.15) is 0 Å². The molecule has 1 aromatic heterocycles. The lowest BCUT2D eigenvalue weighted by atomic mass is 10.0. The lowest BCUT2D eigenvalue weighted by Gasteiger charge is -2.19. The number of nitrogens with zero attached hydrogens (tertiary/aromatic N) is 3. The molecule has 0 aliphatic carbocycles. The summed E-state index contributed by atoms with van der Waals surface area (Å²) in [6.07, 6.45) is 2.15. The van der Waals surface area contributed by atoms with Crippen molar-refractivity contribution in [2.75, 3.05) is 31.1 Å². The van der Waals surface area contributed by atoms with Crippen LogP contribution in [-0.2, 0) is 6.54 Å². The van der Waals surface area contributed by atoms with Gasteiger partial charge in [0.2, 0.25) is 5.95 Å². The Hall–Kier alpha value is -1.03. The van der Waals surface area contributed by atoms with Crippen LogP contribution in [0.4, 0.5) is 5.95 Å². The number of anilines is 1. The van der Waals surface area contributed by atoms with Crippen LogP contribution < -0.4 is 10.2 Å². The molecule has 2 fully saturated rings. The molecule has 0 saturated carbocycles. The molecule has 2 saturated heterocycles. The molecule has 2 atom stereocenters. The Morgan fingerprint density at radius 2 is 2.06 bits per heavy atom. The van der Waals surface area contributed by atoms with Gasteiger partial charge in [-0.15, -0.1) is 0 Å². The number of imidazole rings is 1. The number of fused-ring (bicyclic) bond motifs is 1. The Balaban J connectivity index is 1.82. The van der Waals surface area contributed by atoms with Crippen LogP contribution in [0, 0.1) is 18.8 Å². The van der Waals surface area contributed by atoms with Gasteiger partial charge in [0.15, 0.2) is 0 Å². The fraction of sp³-hybridized carbons (Fsp3) is 0.750. The van der Waals surface area contributed by atoms with E-state index in [2.05, 4.69) is 39.8 Å². The normalized spacial score (nSPS) is 28.8. The topological polar surface area (TPSA) is 33.1 Å². The monoisotopic (exact) mass is 220 g/mol. The van der Waals surface area contributed by atoms with Crippen LogP contribution in [0.5, 0.6) is 0 Å². The van der Waals surface area contributed by atoms with Crippen LogP contribution >= 0.6 is 0 Å². The Morgan fingerprint density at radius 3 is 2.69 bits per heavy atom. The molecule has 0 radical (unpaired) electrons. The Labute approximate surface area is 96.7 Å². The van der Waals surface area contributed by atoms with E-state index in [1.807, 2.05) is 0 Å². The first-order chi connectivity index (χ1) is 7.78. The van der Waals surface area contributed by atoms with Gasteiger partial charge >= 0.3 is 0 Å². The highest BCUT2D eigenvalue weighted by atomic mass is 15.3. The van der Waals surface area contributed by atoms with Gasteiger partial charge in [-0.3, -0.25) is 0 Å². The van der Waals surface area contributed by atoms with Gasteiger partial charge in [-0.25, -0.2) is 4.98 Å². The van der Waals surface area contributed by atoms with Crippen molar-refractivity contribution in [2.24, 2.45) is 11.8 Å². The van der Waals surface area contributed by atoms with E-state index in [4.69, 9.17) is 0 Å². The summed E-state index contributed by atoms with van der Waals surface area (Å²) in [6.45, 7) is 10.00. The summed E-state index contributed by atoms with van der Waals surface area (Å²) in [4.78, 5) is 7.12. The van der Waals surface area contributed by atoms with Gasteiger partial charge in [0.25, 0.3) is 0 Å². The average Bonchev–Trinajstić information content (AvgIpc) is 2.88. The molecular formula is C12H20N4. The maximum atomic E-state index is 4.66. The van der Waals surface area contributed by atoms with Gasteiger partial charge < -0.3 is 14.8 Å². The van der Waals surface area contributed by atoms with E-state index in [0.29, 0.717) is 0 Å². The molecule has 4 heteroatoms. The SMILES string of the molecule is CCn1cc(C)nc1N1C[C@H]2CNC[C@H]2C1. The molecule has 0 spiro atoms. The molecule has 2 aliphatic heterocycles. The van der Waals surface area contributed by atoms with Crippen LogP contribution in [0.1, 0.15) is 12.6 Å². The Morgan fingerprint density at radius 1 is 1.38 bits per heavy atom. The summed E-state index contributed by atoms with van der Waals surface area (Å²) in [7, 11) is 0. The first-order valence-corrected chi connectivity index (χ1v) is 6.27. The van der Waals surface area contributed by atoms with E-state index >= 15 is 0 Å². The van der Waals surface area contributed by atoms with Crippen molar-refractivity contribution < 1.29 is 0 Å². The molecule has 0 aromatic carbocycles. The predicted molar refractivity (Wildman–Crippen MR) is 64.7 cm³/mol. The largest absolute Gasteiger partial charge is 0.342 e. The molecule has 4 nitrogen and oxygen atoms in total. The second-order valence-corrected chi connectivity index (χ2v) is 5.05. The summed E-state index contributed by atoms with van der Waals surface area (Å²) in [5.41, 5.74) is 1.13. The number of rotatable bonds is 2. The molecule has 0 bridgehead atoms. The second-order valence-electron chi connectivity index (χ2n) is 5.05. The third kappa shape index (κ3) is 1.52. The molecule has 3 rings (SSSR count). The smallest absolute Gasteiger partial charge is 0.205 e. The first-order valence-electron chi connectivity index (χ1n) is 6.27. The number of hydrogen-bond donors (Lipinski definition) is 1. The van der Waals surface area contributed by atoms with Gasteiger partial charge in [0.1, 0.15) is 0 Å². The Kier molecular flexibility index (Phi) is 2.39. The average molecular weight is 220 g/mol. The minimum atomic E-state index is 0.835. The van der Waals surface area contributed by atoms with Crippen LogP contribution in [0.25, 0.3) is 0 Å². The maximum absolute atomic E-state index is 4.66. The lowest BCUT2D eigenvalue weighted by Crippen LogP contribution is -2.27. The molecule has 0 unspecified atom stereocenters. The number of aromatic nitrogens is 2. The quantitative estimate of drug-likeness (QED) is 0.803. The predicted octanol–water partition coefficient (Wildman–Crippen LogP) is 0.867. The van der Waals surface area contributed by atoms with E-state index < -0.39 is 0 Å². The lowest BCUT2D eigenvalue weighted by molar-refractivity contribution is 0.533. The van der Waals surface area contributed by atoms with Gasteiger partial charge in [0.05, 0.1) is 5.69 Å². The van der Waals surface area contributed by atoms with E-state index in [-0.39, 0.29) is 0 Å². The molecular weight excluding hydrogens is 200 g/mol. The molecule has 16 heavy (non-hydrogen) atoms. The van der Waals surface area contributed by atoms with Crippen molar-refractivity contribution in [1.29, 1.82) is 0 Å². The highest BCUT2D eigenvalue weighted by Crippen LogP contribution is 2.29. The molecule has 3 heterocycles. The van der Waals surface area contributed by atoms with Crippen LogP contribution in [0.2, 0.25) is 0 Å². The van der Waals surface area contributed by atoms with Crippen molar-refractivity contribution in [3.8, 4) is 0 Å². The summed E-state index contributed by atoms with van der Waals surface area (Å²) in [5, 5.41) is 3.48. The van der Waals surface area contributed by atoms with E-state index in [9.17, 15) is 0 Å². The van der Waals surface area contributed by atoms with Gasteiger partial charge in [-0.05, 0) is 25.7 Å². The zero-order valence-electron chi connectivity index (χ0n) is 10.1. The zero-order valence-corrected chi connectivity index (χ0v) is 10.1. The maximum Gasteiger partial charge on any atom is 0.205 e. The standard InChI is InChI=1S/C12H20N4/c1-3-15-6-9(2)14-12(15)16-7-10-4-13-5-11(10)8-16/h6,10-11,13H,3-5,7-8H2,1-2H3/t10-,11+. The Bertz CT molecular complexity index is 372. The van der Waals surface area contributed by atoms with Crippen molar-refractivity contribution in [3.63, 3.8) is 0 Å². The fourth-order valence-electron chi connectivity index (χ4n) is 3.04. The number of nitrogens with one attached hydrogen (secondary N) is 1. The molecule has 1 aromatic rings. The molecule has 0 amide bonds. The zero-order chi connectivity index (χ0) is 11.1. The van der Waals surface area contributed by atoms with Crippen LogP contribution in [0.3, 0.4) is 0 Å². The van der Waals surface area contributed by atoms with Crippen molar-refractivity contribution >= 4 is 5.95 Å². The van der Waals surface area contributed by atoms with E-state index in [0.717, 1.165) is 24.1 Å². The molecule has 88 valence electrons.